The highest BCUT2D eigenvalue weighted by Crippen LogP contribution is 2.34. The van der Waals surface area contributed by atoms with Crippen molar-refractivity contribution >= 4 is 27.5 Å². The lowest BCUT2D eigenvalue weighted by Crippen LogP contribution is -3.13. The van der Waals surface area contributed by atoms with Gasteiger partial charge in [-0.05, 0) is 63.4 Å². The van der Waals surface area contributed by atoms with Crippen molar-refractivity contribution < 1.29 is 9.69 Å². The van der Waals surface area contributed by atoms with Crippen LogP contribution in [0.4, 0.5) is 0 Å². The van der Waals surface area contributed by atoms with E-state index in [0.29, 0.717) is 12.5 Å². The van der Waals surface area contributed by atoms with E-state index in [2.05, 4.69) is 4.98 Å². The normalized spacial score (nSPS) is 21.4. The molecule has 2 fully saturated rings. The van der Waals surface area contributed by atoms with Crippen LogP contribution < -0.4 is 10.5 Å². The molecular formula is C22H31N4O2S+. The Hall–Kier alpha value is -1.73. The second-order valence-corrected chi connectivity index (χ2v) is 10.1. The molecule has 6 nitrogen and oxygen atoms in total. The summed E-state index contributed by atoms with van der Waals surface area (Å²) in [5.41, 5.74) is 1.29. The number of quaternary nitrogens is 1. The largest absolute Gasteiger partial charge is 0.338 e. The molecule has 0 radical (unpaired) electrons. The van der Waals surface area contributed by atoms with Crippen molar-refractivity contribution in [2.75, 3.05) is 32.7 Å². The van der Waals surface area contributed by atoms with Crippen LogP contribution in [0.2, 0.25) is 0 Å². The maximum atomic E-state index is 12.8. The number of H-pyrrole nitrogens is 1. The van der Waals surface area contributed by atoms with Gasteiger partial charge in [0.05, 0.1) is 18.5 Å². The molecule has 2 aromatic rings. The minimum absolute atomic E-state index is 0.0385. The molecule has 1 aliphatic carbocycles. The number of aromatic nitrogens is 2. The van der Waals surface area contributed by atoms with Crippen LogP contribution in [0.1, 0.15) is 67.1 Å². The van der Waals surface area contributed by atoms with E-state index in [1.165, 1.54) is 47.4 Å². The Morgan fingerprint density at radius 3 is 2.66 bits per heavy atom. The topological polar surface area (TPSA) is 70.5 Å². The molecule has 0 spiro atoms. The fourth-order valence-electron chi connectivity index (χ4n) is 5.33. The summed E-state index contributed by atoms with van der Waals surface area (Å²) in [5.74, 6) is 1.37. The van der Waals surface area contributed by atoms with E-state index in [1.807, 2.05) is 4.90 Å². The molecule has 2 saturated heterocycles. The van der Waals surface area contributed by atoms with Gasteiger partial charge in [-0.3, -0.25) is 9.59 Å². The fraction of sp³-hybridized carbons (Fsp3) is 0.682. The summed E-state index contributed by atoms with van der Waals surface area (Å²) in [4.78, 5) is 39.2. The average molecular weight is 416 g/mol. The molecule has 4 heterocycles. The number of fused-ring (bicyclic) bond motifs is 3. The van der Waals surface area contributed by atoms with Crippen LogP contribution >= 0.6 is 11.3 Å². The van der Waals surface area contributed by atoms with Crippen molar-refractivity contribution in [1.82, 2.24) is 14.9 Å². The summed E-state index contributed by atoms with van der Waals surface area (Å²) in [6.07, 6.45) is 10.1. The lowest BCUT2D eigenvalue weighted by molar-refractivity contribution is -0.897. The third-order valence-electron chi connectivity index (χ3n) is 7.04. The number of nitrogens with zero attached hydrogens (tertiary/aromatic N) is 2. The zero-order valence-electron chi connectivity index (χ0n) is 17.1. The quantitative estimate of drug-likeness (QED) is 0.801. The number of aromatic amines is 1. The van der Waals surface area contributed by atoms with Gasteiger partial charge in [0.1, 0.15) is 10.7 Å². The van der Waals surface area contributed by atoms with E-state index in [1.54, 1.807) is 11.3 Å². The number of carbonyl (C=O) groups excluding carboxylic acids is 1. The van der Waals surface area contributed by atoms with Crippen LogP contribution in [-0.4, -0.2) is 53.5 Å². The second kappa shape index (κ2) is 8.19. The molecule has 2 aliphatic heterocycles. The molecule has 29 heavy (non-hydrogen) atoms. The number of nitrogens with one attached hydrogen (secondary N) is 2. The van der Waals surface area contributed by atoms with Crippen molar-refractivity contribution in [2.24, 2.45) is 0 Å². The number of amides is 1. The van der Waals surface area contributed by atoms with E-state index in [0.717, 1.165) is 67.9 Å². The maximum Gasteiger partial charge on any atom is 0.277 e. The average Bonchev–Trinajstić information content (AvgIpc) is 3.13. The lowest BCUT2D eigenvalue weighted by atomic mass is 9.95. The first-order valence-electron chi connectivity index (χ1n) is 11.3. The molecule has 0 atom stereocenters. The highest BCUT2D eigenvalue weighted by atomic mass is 32.1. The summed E-state index contributed by atoms with van der Waals surface area (Å²) in [7, 11) is 0. The summed E-state index contributed by atoms with van der Waals surface area (Å²) in [6.45, 7) is 4.47. The van der Waals surface area contributed by atoms with Crippen LogP contribution in [0.15, 0.2) is 4.79 Å². The second-order valence-electron chi connectivity index (χ2n) is 8.98. The van der Waals surface area contributed by atoms with Crippen molar-refractivity contribution in [3.63, 3.8) is 0 Å². The zero-order chi connectivity index (χ0) is 19.8. The summed E-state index contributed by atoms with van der Waals surface area (Å²) >= 11 is 1.72. The van der Waals surface area contributed by atoms with Gasteiger partial charge in [-0.2, -0.15) is 0 Å². The van der Waals surface area contributed by atoms with Crippen LogP contribution in [0.3, 0.4) is 0 Å². The Bertz CT molecular complexity index is 952. The van der Waals surface area contributed by atoms with E-state index < -0.39 is 0 Å². The third-order valence-corrected chi connectivity index (χ3v) is 8.23. The summed E-state index contributed by atoms with van der Waals surface area (Å²) in [6, 6.07) is 0. The third kappa shape index (κ3) is 3.87. The first-order chi connectivity index (χ1) is 14.2. The van der Waals surface area contributed by atoms with E-state index in [9.17, 15) is 9.59 Å². The fourth-order valence-corrected chi connectivity index (χ4v) is 6.60. The summed E-state index contributed by atoms with van der Waals surface area (Å²) in [5, 5.41) is 0.838. The number of hydrogen-bond acceptors (Lipinski definition) is 4. The first-order valence-corrected chi connectivity index (χ1v) is 12.2. The van der Waals surface area contributed by atoms with Crippen molar-refractivity contribution in [1.29, 1.82) is 0 Å². The van der Waals surface area contributed by atoms with Gasteiger partial charge < -0.3 is 14.8 Å². The smallest absolute Gasteiger partial charge is 0.277 e. The van der Waals surface area contributed by atoms with Gasteiger partial charge in [-0.1, -0.05) is 0 Å². The lowest BCUT2D eigenvalue weighted by Gasteiger charge is -2.33. The van der Waals surface area contributed by atoms with Crippen LogP contribution in [-0.2, 0) is 17.6 Å². The van der Waals surface area contributed by atoms with Gasteiger partial charge in [-0.15, -0.1) is 11.3 Å². The number of aryl methyl sites for hydroxylation is 2. The molecule has 1 amide bonds. The van der Waals surface area contributed by atoms with E-state index in [4.69, 9.17) is 4.98 Å². The van der Waals surface area contributed by atoms with Crippen molar-refractivity contribution in [3.05, 3.63) is 26.6 Å². The van der Waals surface area contributed by atoms with Crippen LogP contribution in [0.5, 0.6) is 0 Å². The van der Waals surface area contributed by atoms with Gasteiger partial charge in [0.2, 0.25) is 0 Å². The van der Waals surface area contributed by atoms with E-state index in [-0.39, 0.29) is 11.5 Å². The molecule has 3 aliphatic rings. The number of thiophene rings is 1. The Kier molecular flexibility index (Phi) is 5.43. The number of hydrogen-bond donors (Lipinski definition) is 2. The molecule has 0 saturated carbocycles. The standard InChI is InChI=1S/C22H30N4O2S/c27-18(14-25-10-4-1-5-11-25)26-12-8-15(9-13-26)20-23-21(28)19-16-6-2-3-7-17(16)29-22(19)24-20/h15H,1-14H2,(H,23,24,28)/p+1. The number of carbonyl (C=O) groups is 1. The molecular weight excluding hydrogens is 384 g/mol. The Labute approximate surface area is 175 Å². The predicted octanol–water partition coefficient (Wildman–Crippen LogP) is 1.64. The predicted molar refractivity (Wildman–Crippen MR) is 115 cm³/mol. The molecule has 0 aromatic carbocycles. The monoisotopic (exact) mass is 415 g/mol. The molecule has 156 valence electrons. The minimum atomic E-state index is 0.0385. The van der Waals surface area contributed by atoms with Crippen molar-refractivity contribution in [2.45, 2.75) is 63.7 Å². The zero-order valence-corrected chi connectivity index (χ0v) is 17.9. The van der Waals surface area contributed by atoms with Crippen molar-refractivity contribution in [3.8, 4) is 0 Å². The molecule has 0 bridgehead atoms. The highest BCUT2D eigenvalue weighted by Gasteiger charge is 2.29. The molecule has 2 N–H and O–H groups in total. The van der Waals surface area contributed by atoms with Crippen LogP contribution in [0.25, 0.3) is 10.2 Å². The molecule has 0 unspecified atom stereocenters. The number of likely N-dealkylation sites (tertiary alicyclic amines) is 2. The molecule has 2 aromatic heterocycles. The Morgan fingerprint density at radius 1 is 1.10 bits per heavy atom. The molecule has 7 heteroatoms. The number of rotatable bonds is 3. The first kappa shape index (κ1) is 19.2. The SMILES string of the molecule is O=C(C[NH+]1CCCCC1)N1CCC(c2nc3sc4c(c3c(=O)[nH]2)CCCC4)CC1. The van der Waals surface area contributed by atoms with Gasteiger partial charge in [0, 0.05) is 23.9 Å². The van der Waals surface area contributed by atoms with Gasteiger partial charge >= 0.3 is 0 Å². The maximum absolute atomic E-state index is 12.8. The highest BCUT2D eigenvalue weighted by molar-refractivity contribution is 7.18. The Morgan fingerprint density at radius 2 is 1.86 bits per heavy atom. The van der Waals surface area contributed by atoms with Crippen LogP contribution in [0, 0.1) is 0 Å². The van der Waals surface area contributed by atoms with E-state index >= 15 is 0 Å². The summed E-state index contributed by atoms with van der Waals surface area (Å²) < 4.78 is 0. The van der Waals surface area contributed by atoms with Gasteiger partial charge in [0.25, 0.3) is 11.5 Å². The van der Waals surface area contributed by atoms with Gasteiger partial charge in [-0.25, -0.2) is 4.98 Å². The Balaban J connectivity index is 1.26. The number of piperidine rings is 2. The minimum Gasteiger partial charge on any atom is -0.338 e. The van der Waals surface area contributed by atoms with Gasteiger partial charge in [0.15, 0.2) is 6.54 Å². The molecule has 5 rings (SSSR count).